The number of aliphatic carboxylic acids is 1. The Balaban J connectivity index is 2.09. The minimum absolute atomic E-state index is 0.275. The van der Waals surface area contributed by atoms with Crippen LogP contribution in [0.15, 0.2) is 47.6 Å². The maximum absolute atomic E-state index is 11.5. The number of ether oxygens (including phenoxy) is 1. The van der Waals surface area contributed by atoms with Crippen molar-refractivity contribution in [3.8, 4) is 5.75 Å². The molecule has 0 spiro atoms. The molecule has 2 aliphatic rings. The topological polar surface area (TPSA) is 80.7 Å². The van der Waals surface area contributed by atoms with Gasteiger partial charge in [0.15, 0.2) is 0 Å². The van der Waals surface area contributed by atoms with Crippen molar-refractivity contribution in [2.24, 2.45) is 0 Å². The predicted octanol–water partition coefficient (Wildman–Crippen LogP) is 2.59. The van der Waals surface area contributed by atoms with Gasteiger partial charge in [0.1, 0.15) is 5.75 Å². The van der Waals surface area contributed by atoms with E-state index < -0.39 is 16.3 Å². The van der Waals surface area contributed by atoms with Gasteiger partial charge in [-0.25, -0.2) is 4.79 Å². The molecule has 1 aliphatic heterocycles. The fourth-order valence-corrected chi connectivity index (χ4v) is 3.54. The molecule has 1 aromatic carbocycles. The second kappa shape index (κ2) is 6.49. The van der Waals surface area contributed by atoms with Gasteiger partial charge in [-0.2, -0.15) is 8.42 Å². The third-order valence-electron chi connectivity index (χ3n) is 4.05. The first-order valence-corrected chi connectivity index (χ1v) is 8.56. The summed E-state index contributed by atoms with van der Waals surface area (Å²) < 4.78 is 28.7. The monoisotopic (exact) mass is 344 g/mol. The first-order valence-electron chi connectivity index (χ1n) is 7.49. The predicted molar refractivity (Wildman–Crippen MR) is 91.7 cm³/mol. The maximum atomic E-state index is 11.5. The average Bonchev–Trinajstić information content (AvgIpc) is 2.76. The van der Waals surface area contributed by atoms with Gasteiger partial charge in [-0.15, -0.1) is 0 Å². The minimum Gasteiger partial charge on any atom is -0.493 e. The van der Waals surface area contributed by atoms with Crippen LogP contribution in [0.25, 0.3) is 6.08 Å². The molecule has 0 saturated heterocycles. The molecule has 5 nitrogen and oxygen atoms in total. The first-order chi connectivity index (χ1) is 11.5. The molecule has 1 atom stereocenters. The fourth-order valence-electron chi connectivity index (χ4n) is 2.84. The van der Waals surface area contributed by atoms with E-state index in [-0.39, 0.29) is 11.5 Å². The Bertz CT molecular complexity index is 924. The van der Waals surface area contributed by atoms with Gasteiger partial charge in [-0.3, -0.25) is 0 Å². The lowest BCUT2D eigenvalue weighted by Gasteiger charge is -2.17. The van der Waals surface area contributed by atoms with Gasteiger partial charge >= 0.3 is 5.97 Å². The van der Waals surface area contributed by atoms with E-state index in [0.29, 0.717) is 29.2 Å². The van der Waals surface area contributed by atoms with Gasteiger partial charge in [-0.05, 0) is 36.8 Å². The van der Waals surface area contributed by atoms with Crippen LogP contribution < -0.4 is 4.74 Å². The highest BCUT2D eigenvalue weighted by Gasteiger charge is 2.21. The van der Waals surface area contributed by atoms with E-state index in [1.807, 2.05) is 25.1 Å². The van der Waals surface area contributed by atoms with Crippen molar-refractivity contribution in [1.82, 2.24) is 0 Å². The summed E-state index contributed by atoms with van der Waals surface area (Å²) in [6, 6.07) is 5.37. The second-order valence-corrected chi connectivity index (χ2v) is 6.67. The highest BCUT2D eigenvalue weighted by molar-refractivity contribution is 7.73. The summed E-state index contributed by atoms with van der Waals surface area (Å²) in [5, 5.41) is 9.22. The SMILES string of the molecule is CC1=CC(=S(=O)=O)C(c2ccc3c(c2)C=C(C(=O)O)CCO3)C=C1. The Morgan fingerprint density at radius 3 is 2.79 bits per heavy atom. The smallest absolute Gasteiger partial charge is 0.331 e. The number of allylic oxidation sites excluding steroid dienone is 4. The zero-order chi connectivity index (χ0) is 17.3. The molecule has 1 aromatic rings. The van der Waals surface area contributed by atoms with E-state index in [4.69, 9.17) is 4.74 Å². The van der Waals surface area contributed by atoms with Gasteiger partial charge in [0.05, 0.1) is 11.5 Å². The average molecular weight is 344 g/mol. The van der Waals surface area contributed by atoms with Crippen molar-refractivity contribution in [2.75, 3.05) is 6.61 Å². The molecule has 0 bridgehead atoms. The largest absolute Gasteiger partial charge is 0.493 e. The molecule has 24 heavy (non-hydrogen) atoms. The summed E-state index contributed by atoms with van der Waals surface area (Å²) >= 11 is 0. The molecule has 3 rings (SSSR count). The van der Waals surface area contributed by atoms with Gasteiger partial charge in [-0.1, -0.05) is 23.8 Å². The van der Waals surface area contributed by atoms with Crippen molar-refractivity contribution in [1.29, 1.82) is 0 Å². The highest BCUT2D eigenvalue weighted by atomic mass is 32.2. The molecular weight excluding hydrogens is 328 g/mol. The van der Waals surface area contributed by atoms with Crippen molar-refractivity contribution >= 4 is 27.2 Å². The van der Waals surface area contributed by atoms with E-state index in [2.05, 4.69) is 0 Å². The van der Waals surface area contributed by atoms with Gasteiger partial charge in [0.25, 0.3) is 0 Å². The molecule has 0 fully saturated rings. The maximum Gasteiger partial charge on any atom is 0.331 e. The van der Waals surface area contributed by atoms with Crippen LogP contribution in [0.5, 0.6) is 5.75 Å². The number of rotatable bonds is 2. The van der Waals surface area contributed by atoms with Crippen LogP contribution in [0, 0.1) is 0 Å². The zero-order valence-electron chi connectivity index (χ0n) is 13.0. The van der Waals surface area contributed by atoms with E-state index in [1.54, 1.807) is 24.3 Å². The summed E-state index contributed by atoms with van der Waals surface area (Å²) in [5.41, 5.74) is 2.58. The molecule has 1 aliphatic carbocycles. The molecule has 0 aromatic heterocycles. The summed E-state index contributed by atoms with van der Waals surface area (Å²) in [6.07, 6.45) is 7.28. The number of carboxylic acid groups (broad SMARTS) is 1. The van der Waals surface area contributed by atoms with Crippen LogP contribution in [-0.2, 0) is 15.1 Å². The number of carboxylic acids is 1. The summed E-state index contributed by atoms with van der Waals surface area (Å²) in [6.45, 7) is 2.14. The van der Waals surface area contributed by atoms with Crippen molar-refractivity contribution in [3.63, 3.8) is 0 Å². The van der Waals surface area contributed by atoms with Gasteiger partial charge < -0.3 is 9.84 Å². The van der Waals surface area contributed by atoms with Crippen LogP contribution in [0.2, 0.25) is 0 Å². The Morgan fingerprint density at radius 1 is 1.29 bits per heavy atom. The third kappa shape index (κ3) is 3.19. The van der Waals surface area contributed by atoms with E-state index in [0.717, 1.165) is 11.1 Å². The molecule has 1 N–H and O–H groups in total. The van der Waals surface area contributed by atoms with Gasteiger partial charge in [0.2, 0.25) is 10.3 Å². The molecule has 6 heteroatoms. The Hall–Kier alpha value is -2.60. The summed E-state index contributed by atoms with van der Waals surface area (Å²) in [7, 11) is -2.32. The summed E-state index contributed by atoms with van der Waals surface area (Å²) in [5.74, 6) is -0.755. The quantitative estimate of drug-likeness (QED) is 0.834. The van der Waals surface area contributed by atoms with Crippen molar-refractivity contribution < 1.29 is 23.1 Å². The lowest BCUT2D eigenvalue weighted by molar-refractivity contribution is -0.132. The van der Waals surface area contributed by atoms with E-state index in [9.17, 15) is 18.3 Å². The Labute approximate surface area is 141 Å². The standard InChI is InChI=1S/C18H16O5S/c1-11-2-4-15(17(8-11)24(21)22)12-3-5-16-14(9-12)10-13(18(19)20)6-7-23-16/h2-5,8-10,15H,6-7H2,1H3,(H,19,20). The number of carbonyl (C=O) groups is 1. The molecule has 0 saturated carbocycles. The second-order valence-electron chi connectivity index (χ2n) is 5.73. The minimum atomic E-state index is -2.32. The molecule has 0 radical (unpaired) electrons. The van der Waals surface area contributed by atoms with Crippen molar-refractivity contribution in [2.45, 2.75) is 19.3 Å². The van der Waals surface area contributed by atoms with Crippen LogP contribution >= 0.6 is 0 Å². The van der Waals surface area contributed by atoms with Crippen molar-refractivity contribution in [3.05, 3.63) is 58.7 Å². The van der Waals surface area contributed by atoms with Gasteiger partial charge in [0, 0.05) is 23.5 Å². The lowest BCUT2D eigenvalue weighted by atomic mass is 9.89. The highest BCUT2D eigenvalue weighted by Crippen LogP contribution is 2.32. The van der Waals surface area contributed by atoms with Crippen LogP contribution in [0.4, 0.5) is 0 Å². The van der Waals surface area contributed by atoms with Crippen LogP contribution in [0.3, 0.4) is 0 Å². The number of fused-ring (bicyclic) bond motifs is 1. The zero-order valence-corrected chi connectivity index (χ0v) is 13.8. The number of hydrogen-bond donors (Lipinski definition) is 1. The molecule has 124 valence electrons. The summed E-state index contributed by atoms with van der Waals surface area (Å²) in [4.78, 5) is 11.6. The number of benzene rings is 1. The van der Waals surface area contributed by atoms with Crippen LogP contribution in [0.1, 0.15) is 30.4 Å². The third-order valence-corrected chi connectivity index (χ3v) is 4.80. The lowest BCUT2D eigenvalue weighted by Crippen LogP contribution is -2.13. The molecule has 1 heterocycles. The first kappa shape index (κ1) is 16.3. The Kier molecular flexibility index (Phi) is 4.40. The fraction of sp³-hybridized carbons (Fsp3) is 0.222. The Morgan fingerprint density at radius 2 is 2.08 bits per heavy atom. The molecule has 1 unspecified atom stereocenters. The molecular formula is C18H16O5S. The molecule has 0 amide bonds. The number of hydrogen-bond acceptors (Lipinski definition) is 4. The van der Waals surface area contributed by atoms with E-state index >= 15 is 0 Å². The van der Waals surface area contributed by atoms with E-state index in [1.165, 1.54) is 0 Å². The van der Waals surface area contributed by atoms with Crippen LogP contribution in [-0.4, -0.2) is 31.0 Å². The normalized spacial score (nSPS) is 19.5.